The van der Waals surface area contributed by atoms with Gasteiger partial charge in [0, 0.05) is 18.4 Å². The molecule has 0 unspecified atom stereocenters. The number of carbonyl (C=O) groups is 2. The molecule has 2 amide bonds. The fourth-order valence-electron chi connectivity index (χ4n) is 4.65. The second-order valence-corrected chi connectivity index (χ2v) is 11.1. The number of anilines is 1. The van der Waals surface area contributed by atoms with Crippen LogP contribution in [0.2, 0.25) is 0 Å². The molecule has 36 heavy (non-hydrogen) atoms. The number of rotatable bonds is 18. The van der Waals surface area contributed by atoms with Gasteiger partial charge >= 0.3 is 0 Å². The summed E-state index contributed by atoms with van der Waals surface area (Å²) < 4.78 is 32.6. The van der Waals surface area contributed by atoms with Gasteiger partial charge in [-0.1, -0.05) is 109 Å². The summed E-state index contributed by atoms with van der Waals surface area (Å²) in [5.74, 6) is -1.81. The van der Waals surface area contributed by atoms with Crippen LogP contribution in [0.15, 0.2) is 23.1 Å². The molecule has 7 nitrogen and oxygen atoms in total. The molecule has 2 rings (SSSR count). The minimum absolute atomic E-state index is 0.00340. The Labute approximate surface area is 216 Å². The molecule has 0 atom stereocenters. The molecular weight excluding hydrogens is 478 g/mol. The largest absolute Gasteiger partial charge is 0.504 e. The van der Waals surface area contributed by atoms with Gasteiger partial charge in [-0.15, -0.1) is 0 Å². The third kappa shape index (κ3) is 9.69. The van der Waals surface area contributed by atoms with Crippen LogP contribution in [0.3, 0.4) is 0 Å². The topological polar surface area (TPSA) is 112 Å². The third-order valence-electron chi connectivity index (χ3n) is 6.72. The minimum Gasteiger partial charge on any atom is -0.504 e. The van der Waals surface area contributed by atoms with Gasteiger partial charge in [-0.2, -0.15) is 8.42 Å². The van der Waals surface area contributed by atoms with E-state index >= 15 is 0 Å². The maximum atomic E-state index is 12.2. The zero-order valence-corrected chi connectivity index (χ0v) is 22.5. The number of nitrogens with zero attached hydrogens (tertiary/aromatic N) is 1. The average molecular weight is 522 g/mol. The quantitative estimate of drug-likeness (QED) is 0.120. The SMILES string of the molecule is CCCCCCCCCCCCCCCCC=Cc1ccc(S(=O)(=O)O)c(O)c1N1C(=O)CCC1=O. The summed E-state index contributed by atoms with van der Waals surface area (Å²) >= 11 is 0. The number of allylic oxidation sites excluding steroid dienone is 1. The van der Waals surface area contributed by atoms with Crippen LogP contribution in [0.4, 0.5) is 5.69 Å². The lowest BCUT2D eigenvalue weighted by molar-refractivity contribution is -0.121. The third-order valence-corrected chi connectivity index (χ3v) is 7.61. The molecule has 1 heterocycles. The van der Waals surface area contributed by atoms with Gasteiger partial charge < -0.3 is 5.11 Å². The van der Waals surface area contributed by atoms with Gasteiger partial charge in [0.25, 0.3) is 10.1 Å². The first-order valence-electron chi connectivity index (χ1n) is 13.6. The Morgan fingerprint density at radius 2 is 1.28 bits per heavy atom. The van der Waals surface area contributed by atoms with E-state index in [9.17, 15) is 27.7 Å². The Morgan fingerprint density at radius 3 is 1.75 bits per heavy atom. The number of hydrogen-bond acceptors (Lipinski definition) is 5. The molecule has 1 aromatic carbocycles. The molecule has 2 N–H and O–H groups in total. The summed E-state index contributed by atoms with van der Waals surface area (Å²) in [4.78, 5) is 24.6. The first-order chi connectivity index (χ1) is 17.3. The zero-order valence-electron chi connectivity index (χ0n) is 21.7. The zero-order chi connectivity index (χ0) is 26.4. The second-order valence-electron chi connectivity index (χ2n) is 9.74. The van der Waals surface area contributed by atoms with Crippen molar-refractivity contribution in [2.24, 2.45) is 0 Å². The second kappa shape index (κ2) is 15.8. The number of phenols is 1. The van der Waals surface area contributed by atoms with E-state index in [0.29, 0.717) is 5.56 Å². The molecule has 8 heteroatoms. The molecule has 0 spiro atoms. The molecule has 0 saturated carbocycles. The smallest absolute Gasteiger partial charge is 0.298 e. The number of benzene rings is 1. The number of hydrogen-bond donors (Lipinski definition) is 2. The number of unbranched alkanes of at least 4 members (excludes halogenated alkanes) is 14. The molecule has 202 valence electrons. The normalized spacial score (nSPS) is 14.4. The highest BCUT2D eigenvalue weighted by atomic mass is 32.2. The van der Waals surface area contributed by atoms with Crippen LogP contribution < -0.4 is 4.90 Å². The average Bonchev–Trinajstić information content (AvgIpc) is 3.15. The van der Waals surface area contributed by atoms with E-state index in [1.807, 2.05) is 6.08 Å². The van der Waals surface area contributed by atoms with Gasteiger partial charge in [0.1, 0.15) is 10.6 Å². The summed E-state index contributed by atoms with van der Waals surface area (Å²) in [6.07, 6.45) is 22.4. The lowest BCUT2D eigenvalue weighted by atomic mass is 10.0. The minimum atomic E-state index is -4.71. The van der Waals surface area contributed by atoms with E-state index < -0.39 is 32.6 Å². The first kappa shape index (κ1) is 30.0. The Bertz CT molecular complexity index is 970. The monoisotopic (exact) mass is 521 g/mol. The van der Waals surface area contributed by atoms with Crippen molar-refractivity contribution >= 4 is 33.7 Å². The van der Waals surface area contributed by atoms with Crippen LogP contribution >= 0.6 is 0 Å². The van der Waals surface area contributed by atoms with Crippen LogP contribution in [0.5, 0.6) is 5.75 Å². The van der Waals surface area contributed by atoms with Crippen molar-refractivity contribution in [2.75, 3.05) is 4.90 Å². The van der Waals surface area contributed by atoms with E-state index in [-0.39, 0.29) is 18.5 Å². The number of imide groups is 1. The van der Waals surface area contributed by atoms with E-state index in [1.165, 1.54) is 83.1 Å². The van der Waals surface area contributed by atoms with Gasteiger partial charge in [-0.25, -0.2) is 4.90 Å². The summed E-state index contributed by atoms with van der Waals surface area (Å²) in [6, 6.07) is 2.46. The number of carbonyl (C=O) groups excluding carboxylic acids is 2. The maximum absolute atomic E-state index is 12.2. The molecular formula is C28H43NO6S. The van der Waals surface area contributed by atoms with Crippen LogP contribution in [0.1, 0.15) is 122 Å². The van der Waals surface area contributed by atoms with E-state index in [1.54, 1.807) is 6.08 Å². The van der Waals surface area contributed by atoms with Gasteiger partial charge in [-0.3, -0.25) is 14.1 Å². The molecule has 1 fully saturated rings. The predicted molar refractivity (Wildman–Crippen MR) is 144 cm³/mol. The van der Waals surface area contributed by atoms with Gasteiger partial charge in [0.15, 0.2) is 5.75 Å². The molecule has 0 radical (unpaired) electrons. The van der Waals surface area contributed by atoms with Crippen LogP contribution in [0.25, 0.3) is 6.08 Å². The van der Waals surface area contributed by atoms with E-state index in [2.05, 4.69) is 6.92 Å². The fraction of sp³-hybridized carbons (Fsp3) is 0.643. The first-order valence-corrected chi connectivity index (χ1v) is 15.1. The summed E-state index contributed by atoms with van der Waals surface area (Å²) in [7, 11) is -4.71. The van der Waals surface area contributed by atoms with Crippen molar-refractivity contribution < 1.29 is 27.7 Å². The van der Waals surface area contributed by atoms with Crippen molar-refractivity contribution in [3.8, 4) is 5.75 Å². The van der Waals surface area contributed by atoms with Crippen molar-refractivity contribution in [1.29, 1.82) is 0 Å². The van der Waals surface area contributed by atoms with Crippen LogP contribution in [-0.2, 0) is 19.7 Å². The lowest BCUT2D eigenvalue weighted by Gasteiger charge is -2.19. The van der Waals surface area contributed by atoms with Crippen molar-refractivity contribution in [1.82, 2.24) is 0 Å². The van der Waals surface area contributed by atoms with Crippen molar-refractivity contribution in [2.45, 2.75) is 121 Å². The highest BCUT2D eigenvalue weighted by Gasteiger charge is 2.35. The molecule has 1 saturated heterocycles. The van der Waals surface area contributed by atoms with Crippen LogP contribution in [-0.4, -0.2) is 29.9 Å². The maximum Gasteiger partial charge on any atom is 0.298 e. The molecule has 0 aromatic heterocycles. The fourth-order valence-corrected chi connectivity index (χ4v) is 5.23. The number of phenolic OH excluding ortho intramolecular Hbond substituents is 1. The van der Waals surface area contributed by atoms with E-state index in [0.717, 1.165) is 30.2 Å². The summed E-state index contributed by atoms with van der Waals surface area (Å²) in [5, 5.41) is 10.5. The Kier molecular flexibility index (Phi) is 13.2. The van der Waals surface area contributed by atoms with Gasteiger partial charge in [0.2, 0.25) is 11.8 Å². The molecule has 1 aromatic rings. The highest BCUT2D eigenvalue weighted by molar-refractivity contribution is 7.86. The van der Waals surface area contributed by atoms with E-state index in [4.69, 9.17) is 0 Å². The Hall–Kier alpha value is -2.19. The molecule has 0 aliphatic carbocycles. The van der Waals surface area contributed by atoms with Crippen molar-refractivity contribution in [3.63, 3.8) is 0 Å². The molecule has 0 bridgehead atoms. The summed E-state index contributed by atoms with van der Waals surface area (Å²) in [6.45, 7) is 2.25. The Morgan fingerprint density at radius 1 is 0.806 bits per heavy atom. The van der Waals surface area contributed by atoms with Gasteiger partial charge in [0.05, 0.1) is 0 Å². The Balaban J connectivity index is 1.74. The van der Waals surface area contributed by atoms with Crippen molar-refractivity contribution in [3.05, 3.63) is 23.8 Å². The molecule has 1 aliphatic rings. The highest BCUT2D eigenvalue weighted by Crippen LogP contribution is 2.40. The van der Waals surface area contributed by atoms with Gasteiger partial charge in [-0.05, 0) is 18.9 Å². The molecule has 1 aliphatic heterocycles. The predicted octanol–water partition coefficient (Wildman–Crippen LogP) is 7.18. The number of aromatic hydroxyl groups is 1. The number of amides is 2. The van der Waals surface area contributed by atoms with Crippen LogP contribution in [0, 0.1) is 0 Å². The summed E-state index contributed by atoms with van der Waals surface area (Å²) in [5.41, 5.74) is 0.170. The lowest BCUT2D eigenvalue weighted by Crippen LogP contribution is -2.29. The standard InChI is InChI=1S/C28H43NO6S/c1-2-3-4-5-6-7-8-9-10-11-12-13-14-15-16-17-18-23-19-20-24(36(33,34)35)28(32)27(23)29-25(30)21-22-26(29)31/h17-20,32H,2-16,21-22H2,1H3,(H,33,34,35).